The molecule has 1 spiro atoms. The van der Waals surface area contributed by atoms with Gasteiger partial charge in [0.15, 0.2) is 6.10 Å². The van der Waals surface area contributed by atoms with Gasteiger partial charge in [-0.15, -0.1) is 0 Å². The number of nitrogens with zero attached hydrogens (tertiary/aromatic N) is 4. The van der Waals surface area contributed by atoms with Gasteiger partial charge in [-0.05, 0) is 25.0 Å². The van der Waals surface area contributed by atoms with Crippen molar-refractivity contribution >= 4 is 21.8 Å². The highest BCUT2D eigenvalue weighted by molar-refractivity contribution is 7.86. The number of amides is 1. The Morgan fingerprint density at radius 1 is 1.24 bits per heavy atom. The molecule has 1 atom stereocenters. The van der Waals surface area contributed by atoms with Crippen LogP contribution in [0.4, 0.5) is 5.69 Å². The average molecular weight is 420 g/mol. The van der Waals surface area contributed by atoms with Crippen molar-refractivity contribution < 1.29 is 17.9 Å². The fraction of sp³-hybridized carbons (Fsp3) is 0.474. The van der Waals surface area contributed by atoms with Gasteiger partial charge in [-0.3, -0.25) is 4.79 Å². The first-order chi connectivity index (χ1) is 13.8. The number of para-hydroxylation sites is 1. The number of hydrogen-bond acceptors (Lipinski definition) is 5. The standard InChI is InChI=1S/C19H25N5O4S/c1-22(2)29(26,27)24-11-8-19(9-12-24)18-20-10-13-23(18)14-16(28-19)17(25)21-15-6-4-3-5-7-15/h3-7,10,13,16H,8-9,11-12,14H2,1-2H3,(H,21,25)/t16-/m0/s1. The summed E-state index contributed by atoms with van der Waals surface area (Å²) in [6.45, 7) is 0.982. The van der Waals surface area contributed by atoms with Crippen molar-refractivity contribution in [2.24, 2.45) is 0 Å². The van der Waals surface area contributed by atoms with Gasteiger partial charge < -0.3 is 14.6 Å². The number of benzene rings is 1. The number of imidazole rings is 1. The first-order valence-corrected chi connectivity index (χ1v) is 10.9. The zero-order chi connectivity index (χ0) is 20.6. The van der Waals surface area contributed by atoms with Crippen LogP contribution in [-0.4, -0.2) is 65.8 Å². The third kappa shape index (κ3) is 3.68. The Balaban J connectivity index is 1.54. The molecule has 0 unspecified atom stereocenters. The maximum atomic E-state index is 12.9. The Morgan fingerprint density at radius 2 is 1.93 bits per heavy atom. The van der Waals surface area contributed by atoms with E-state index < -0.39 is 21.9 Å². The molecule has 0 aliphatic carbocycles. The molecule has 0 saturated carbocycles. The van der Waals surface area contributed by atoms with Crippen LogP contribution in [0.1, 0.15) is 18.7 Å². The van der Waals surface area contributed by atoms with E-state index in [0.717, 1.165) is 5.82 Å². The molecule has 2 aliphatic heterocycles. The van der Waals surface area contributed by atoms with E-state index in [2.05, 4.69) is 10.3 Å². The maximum Gasteiger partial charge on any atom is 0.281 e. The molecule has 1 amide bonds. The molecule has 1 saturated heterocycles. The Labute approximate surface area is 170 Å². The molecular formula is C19H25N5O4S. The van der Waals surface area contributed by atoms with Crippen molar-refractivity contribution in [3.63, 3.8) is 0 Å². The number of piperidine rings is 1. The van der Waals surface area contributed by atoms with Crippen molar-refractivity contribution in [1.82, 2.24) is 18.2 Å². The predicted octanol–water partition coefficient (Wildman–Crippen LogP) is 1.02. The highest BCUT2D eigenvalue weighted by Gasteiger charge is 2.48. The van der Waals surface area contributed by atoms with Gasteiger partial charge in [-0.1, -0.05) is 18.2 Å². The molecular weight excluding hydrogens is 394 g/mol. The summed E-state index contributed by atoms with van der Waals surface area (Å²) in [4.78, 5) is 17.3. The van der Waals surface area contributed by atoms with E-state index in [0.29, 0.717) is 38.2 Å². The predicted molar refractivity (Wildman–Crippen MR) is 107 cm³/mol. The minimum Gasteiger partial charge on any atom is -0.352 e. The van der Waals surface area contributed by atoms with Crippen LogP contribution >= 0.6 is 0 Å². The zero-order valence-electron chi connectivity index (χ0n) is 16.5. The lowest BCUT2D eigenvalue weighted by atomic mass is 9.89. The molecule has 4 rings (SSSR count). The van der Waals surface area contributed by atoms with Crippen molar-refractivity contribution in [1.29, 1.82) is 0 Å². The largest absolute Gasteiger partial charge is 0.352 e. The van der Waals surface area contributed by atoms with Crippen molar-refractivity contribution in [3.8, 4) is 0 Å². The molecule has 29 heavy (non-hydrogen) atoms. The molecule has 1 aromatic carbocycles. The summed E-state index contributed by atoms with van der Waals surface area (Å²) in [7, 11) is -0.443. The number of carbonyl (C=O) groups excluding carboxylic acids is 1. The molecule has 2 aromatic rings. The Morgan fingerprint density at radius 3 is 2.59 bits per heavy atom. The van der Waals surface area contributed by atoms with E-state index >= 15 is 0 Å². The van der Waals surface area contributed by atoms with Crippen LogP contribution in [0.15, 0.2) is 42.7 Å². The van der Waals surface area contributed by atoms with E-state index in [9.17, 15) is 13.2 Å². The summed E-state index contributed by atoms with van der Waals surface area (Å²) in [5, 5.41) is 2.89. The smallest absolute Gasteiger partial charge is 0.281 e. The van der Waals surface area contributed by atoms with Gasteiger partial charge in [0, 0.05) is 45.3 Å². The Kier molecular flexibility index (Phi) is 5.19. The number of anilines is 1. The Hall–Kier alpha value is -2.27. The second-order valence-corrected chi connectivity index (χ2v) is 9.69. The lowest BCUT2D eigenvalue weighted by Crippen LogP contribution is -2.55. The molecule has 0 radical (unpaired) electrons. The third-order valence-electron chi connectivity index (χ3n) is 5.50. The number of hydrogen-bond donors (Lipinski definition) is 1. The summed E-state index contributed by atoms with van der Waals surface area (Å²) < 4.78 is 35.8. The molecule has 10 heteroatoms. The zero-order valence-corrected chi connectivity index (χ0v) is 17.3. The molecule has 0 bridgehead atoms. The summed E-state index contributed by atoms with van der Waals surface area (Å²) in [6.07, 6.45) is 3.72. The van der Waals surface area contributed by atoms with Crippen LogP contribution in [0.2, 0.25) is 0 Å². The first-order valence-electron chi connectivity index (χ1n) is 9.55. The van der Waals surface area contributed by atoms with Crippen molar-refractivity contribution in [2.45, 2.75) is 31.1 Å². The third-order valence-corrected chi connectivity index (χ3v) is 7.45. The number of rotatable bonds is 4. The second-order valence-electron chi connectivity index (χ2n) is 7.55. The number of nitrogens with one attached hydrogen (secondary N) is 1. The Bertz CT molecular complexity index is 981. The monoisotopic (exact) mass is 419 g/mol. The van der Waals surface area contributed by atoms with E-state index in [-0.39, 0.29) is 5.91 Å². The number of ether oxygens (including phenoxy) is 1. The van der Waals surface area contributed by atoms with Gasteiger partial charge in [0.25, 0.3) is 16.1 Å². The minimum atomic E-state index is -3.49. The number of aromatic nitrogens is 2. The fourth-order valence-electron chi connectivity index (χ4n) is 3.93. The normalized spacial score (nSPS) is 21.8. The lowest BCUT2D eigenvalue weighted by Gasteiger charge is -2.45. The van der Waals surface area contributed by atoms with Crippen LogP contribution in [0.3, 0.4) is 0 Å². The first kappa shape index (κ1) is 20.0. The summed E-state index contributed by atoms with van der Waals surface area (Å²) in [5.41, 5.74) is -0.0721. The van der Waals surface area contributed by atoms with Crippen LogP contribution in [-0.2, 0) is 31.9 Å². The highest BCUT2D eigenvalue weighted by Crippen LogP contribution is 2.40. The van der Waals surface area contributed by atoms with E-state index in [1.165, 1.54) is 22.7 Å². The molecule has 1 fully saturated rings. The molecule has 9 nitrogen and oxygen atoms in total. The lowest BCUT2D eigenvalue weighted by molar-refractivity contribution is -0.166. The van der Waals surface area contributed by atoms with Crippen molar-refractivity contribution in [3.05, 3.63) is 48.5 Å². The van der Waals surface area contributed by atoms with Crippen LogP contribution in [0.5, 0.6) is 0 Å². The summed E-state index contributed by atoms with van der Waals surface area (Å²) >= 11 is 0. The van der Waals surface area contributed by atoms with E-state index in [1.807, 2.05) is 41.1 Å². The topological polar surface area (TPSA) is 96.8 Å². The number of fused-ring (bicyclic) bond motifs is 2. The van der Waals surface area contributed by atoms with Gasteiger partial charge in [-0.2, -0.15) is 17.0 Å². The summed E-state index contributed by atoms with van der Waals surface area (Å²) in [5.74, 6) is 0.529. The number of carbonyl (C=O) groups is 1. The van der Waals surface area contributed by atoms with Gasteiger partial charge in [0.1, 0.15) is 11.4 Å². The molecule has 2 aliphatic rings. The minimum absolute atomic E-state index is 0.224. The maximum absolute atomic E-state index is 12.9. The van der Waals surface area contributed by atoms with Crippen LogP contribution in [0.25, 0.3) is 0 Å². The van der Waals surface area contributed by atoms with Gasteiger partial charge in [0.05, 0.1) is 6.54 Å². The van der Waals surface area contributed by atoms with Gasteiger partial charge >= 0.3 is 0 Å². The van der Waals surface area contributed by atoms with Crippen molar-refractivity contribution in [2.75, 3.05) is 32.5 Å². The van der Waals surface area contributed by atoms with Gasteiger partial charge in [-0.25, -0.2) is 4.98 Å². The average Bonchev–Trinajstić information content (AvgIpc) is 3.19. The van der Waals surface area contributed by atoms with Gasteiger partial charge in [0.2, 0.25) is 0 Å². The van der Waals surface area contributed by atoms with Crippen LogP contribution in [0, 0.1) is 0 Å². The molecule has 3 heterocycles. The van der Waals surface area contributed by atoms with E-state index in [4.69, 9.17) is 4.74 Å². The summed E-state index contributed by atoms with van der Waals surface area (Å²) in [6, 6.07) is 9.24. The second kappa shape index (κ2) is 7.52. The SMILES string of the molecule is CN(C)S(=O)(=O)N1CCC2(CC1)O[C@H](C(=O)Nc1ccccc1)Cn1ccnc12. The highest BCUT2D eigenvalue weighted by atomic mass is 32.2. The quantitative estimate of drug-likeness (QED) is 0.798. The molecule has 1 aromatic heterocycles. The molecule has 156 valence electrons. The van der Waals surface area contributed by atoms with Crippen LogP contribution < -0.4 is 5.32 Å². The van der Waals surface area contributed by atoms with E-state index in [1.54, 1.807) is 6.20 Å². The fourth-order valence-corrected chi connectivity index (χ4v) is 5.03. The molecule has 1 N–H and O–H groups in total.